The fraction of sp³-hybridized carbons (Fsp3) is 0.722. The fourth-order valence-electron chi connectivity index (χ4n) is 3.85. The molecule has 23 heavy (non-hydrogen) atoms. The lowest BCUT2D eigenvalue weighted by molar-refractivity contribution is 0.0602. The highest BCUT2D eigenvalue weighted by Gasteiger charge is 2.27. The van der Waals surface area contributed by atoms with Gasteiger partial charge in [0.1, 0.15) is 17.8 Å². The summed E-state index contributed by atoms with van der Waals surface area (Å²) in [7, 11) is 0. The van der Waals surface area contributed by atoms with Gasteiger partial charge in [0.2, 0.25) is 0 Å². The number of piperidine rings is 1. The van der Waals surface area contributed by atoms with Crippen molar-refractivity contribution in [1.82, 2.24) is 14.9 Å². The molecule has 1 unspecified atom stereocenters. The van der Waals surface area contributed by atoms with Crippen molar-refractivity contribution in [3.8, 4) is 0 Å². The van der Waals surface area contributed by atoms with Gasteiger partial charge in [0.05, 0.1) is 0 Å². The summed E-state index contributed by atoms with van der Waals surface area (Å²) < 4.78 is 0. The van der Waals surface area contributed by atoms with Gasteiger partial charge >= 0.3 is 0 Å². The van der Waals surface area contributed by atoms with E-state index in [-0.39, 0.29) is 5.91 Å². The number of hydrogen-bond acceptors (Lipinski definition) is 4. The Bertz CT molecular complexity index is 528. The van der Waals surface area contributed by atoms with Crippen molar-refractivity contribution >= 4 is 11.7 Å². The first kappa shape index (κ1) is 16.2. The molecule has 2 fully saturated rings. The molecule has 2 heterocycles. The summed E-state index contributed by atoms with van der Waals surface area (Å²) in [5, 5.41) is 3.48. The highest BCUT2D eigenvalue weighted by atomic mass is 16.2. The number of carbonyl (C=O) groups excluding carboxylic acids is 1. The number of nitrogens with zero attached hydrogens (tertiary/aromatic N) is 3. The second-order valence-corrected chi connectivity index (χ2v) is 6.82. The molecule has 1 amide bonds. The number of rotatable bonds is 4. The summed E-state index contributed by atoms with van der Waals surface area (Å²) >= 11 is 0. The molecular formula is C18H28N4O. The fourth-order valence-corrected chi connectivity index (χ4v) is 3.85. The molecule has 1 saturated heterocycles. The monoisotopic (exact) mass is 316 g/mol. The van der Waals surface area contributed by atoms with Gasteiger partial charge in [0.25, 0.3) is 5.91 Å². The molecule has 1 aromatic heterocycles. The Kier molecular flexibility index (Phi) is 5.47. The zero-order valence-corrected chi connectivity index (χ0v) is 14.1. The summed E-state index contributed by atoms with van der Waals surface area (Å²) in [5.41, 5.74) is 0.527. The third-order valence-electron chi connectivity index (χ3n) is 5.20. The second-order valence-electron chi connectivity index (χ2n) is 6.82. The van der Waals surface area contributed by atoms with E-state index in [4.69, 9.17) is 0 Å². The van der Waals surface area contributed by atoms with Gasteiger partial charge in [-0.2, -0.15) is 0 Å². The van der Waals surface area contributed by atoms with E-state index in [2.05, 4.69) is 22.2 Å². The topological polar surface area (TPSA) is 58.1 Å². The van der Waals surface area contributed by atoms with Crippen LogP contribution in [0.5, 0.6) is 0 Å². The van der Waals surface area contributed by atoms with Gasteiger partial charge in [0.15, 0.2) is 0 Å². The molecule has 3 rings (SSSR count). The van der Waals surface area contributed by atoms with Crippen molar-refractivity contribution in [2.75, 3.05) is 11.9 Å². The van der Waals surface area contributed by atoms with Crippen LogP contribution in [0.4, 0.5) is 5.82 Å². The standard InChI is InChI=1S/C18H28N4O/c1-2-15-10-6-7-11-22(15)18(23)16-12-17(20-13-19-16)21-14-8-4-3-5-9-14/h12-15H,2-11H2,1H3,(H,19,20,21). The van der Waals surface area contributed by atoms with E-state index in [1.165, 1.54) is 44.9 Å². The van der Waals surface area contributed by atoms with Crippen molar-refractivity contribution in [3.63, 3.8) is 0 Å². The Morgan fingerprint density at radius 3 is 2.74 bits per heavy atom. The van der Waals surface area contributed by atoms with E-state index in [9.17, 15) is 4.79 Å². The van der Waals surface area contributed by atoms with Crippen LogP contribution in [-0.4, -0.2) is 39.4 Å². The molecule has 126 valence electrons. The van der Waals surface area contributed by atoms with E-state index in [0.717, 1.165) is 31.6 Å². The Morgan fingerprint density at radius 2 is 1.96 bits per heavy atom. The summed E-state index contributed by atoms with van der Waals surface area (Å²) in [6, 6.07) is 2.68. The molecule has 1 aliphatic heterocycles. The van der Waals surface area contributed by atoms with Crippen molar-refractivity contribution < 1.29 is 4.79 Å². The largest absolute Gasteiger partial charge is 0.367 e. The average molecular weight is 316 g/mol. The number of amides is 1. The molecule has 0 spiro atoms. The summed E-state index contributed by atoms with van der Waals surface area (Å²) in [6.45, 7) is 3.01. The van der Waals surface area contributed by atoms with E-state index >= 15 is 0 Å². The van der Waals surface area contributed by atoms with Crippen LogP contribution in [0.3, 0.4) is 0 Å². The average Bonchev–Trinajstić information content (AvgIpc) is 2.62. The lowest BCUT2D eigenvalue weighted by Gasteiger charge is -2.35. The predicted octanol–water partition coefficient (Wildman–Crippen LogP) is 3.63. The molecular weight excluding hydrogens is 288 g/mol. The minimum absolute atomic E-state index is 0.0608. The molecule has 2 aliphatic rings. The highest BCUT2D eigenvalue weighted by molar-refractivity contribution is 5.93. The maximum Gasteiger partial charge on any atom is 0.272 e. The van der Waals surface area contributed by atoms with Crippen LogP contribution in [0.2, 0.25) is 0 Å². The number of hydrogen-bond donors (Lipinski definition) is 1. The number of aromatic nitrogens is 2. The minimum Gasteiger partial charge on any atom is -0.367 e. The molecule has 5 heteroatoms. The van der Waals surface area contributed by atoms with Gasteiger partial charge in [-0.1, -0.05) is 26.2 Å². The smallest absolute Gasteiger partial charge is 0.272 e. The molecule has 0 aromatic carbocycles. The highest BCUT2D eigenvalue weighted by Crippen LogP contribution is 2.23. The zero-order chi connectivity index (χ0) is 16.1. The van der Waals surface area contributed by atoms with Crippen molar-refractivity contribution in [2.45, 2.75) is 76.8 Å². The van der Waals surface area contributed by atoms with Crippen molar-refractivity contribution in [3.05, 3.63) is 18.1 Å². The molecule has 1 aromatic rings. The third kappa shape index (κ3) is 4.01. The number of likely N-dealkylation sites (tertiary alicyclic amines) is 1. The predicted molar refractivity (Wildman–Crippen MR) is 91.5 cm³/mol. The normalized spacial score (nSPS) is 22.8. The van der Waals surface area contributed by atoms with Crippen molar-refractivity contribution in [1.29, 1.82) is 0 Å². The zero-order valence-electron chi connectivity index (χ0n) is 14.1. The second kappa shape index (κ2) is 7.75. The third-order valence-corrected chi connectivity index (χ3v) is 5.20. The van der Waals surface area contributed by atoms with Gasteiger partial charge in [-0.25, -0.2) is 9.97 Å². The van der Waals surface area contributed by atoms with E-state index < -0.39 is 0 Å². The molecule has 1 N–H and O–H groups in total. The minimum atomic E-state index is 0.0608. The Balaban J connectivity index is 1.69. The van der Waals surface area contributed by atoms with Crippen LogP contribution in [0, 0.1) is 0 Å². The Hall–Kier alpha value is -1.65. The Labute approximate surface area is 138 Å². The summed E-state index contributed by atoms with van der Waals surface area (Å²) in [4.78, 5) is 23.4. The van der Waals surface area contributed by atoms with Crippen LogP contribution in [0.1, 0.15) is 75.2 Å². The number of carbonyl (C=O) groups is 1. The van der Waals surface area contributed by atoms with Crippen LogP contribution in [0.15, 0.2) is 12.4 Å². The van der Waals surface area contributed by atoms with E-state index in [1.54, 1.807) is 0 Å². The SMILES string of the molecule is CCC1CCCCN1C(=O)c1cc(NC2CCCCC2)ncn1. The molecule has 0 bridgehead atoms. The summed E-state index contributed by atoms with van der Waals surface area (Å²) in [5.74, 6) is 0.853. The first-order valence-corrected chi connectivity index (χ1v) is 9.17. The van der Waals surface area contributed by atoms with Crippen molar-refractivity contribution in [2.24, 2.45) is 0 Å². The molecule has 1 atom stereocenters. The molecule has 1 aliphatic carbocycles. The first-order chi connectivity index (χ1) is 11.3. The van der Waals surface area contributed by atoms with Gasteiger partial charge in [-0.05, 0) is 38.5 Å². The lowest BCUT2D eigenvalue weighted by Crippen LogP contribution is -2.43. The van der Waals surface area contributed by atoms with Gasteiger partial charge in [0, 0.05) is 24.7 Å². The first-order valence-electron chi connectivity index (χ1n) is 9.17. The molecule has 1 saturated carbocycles. The van der Waals surface area contributed by atoms with Crippen LogP contribution >= 0.6 is 0 Å². The lowest BCUT2D eigenvalue weighted by atomic mass is 9.95. The maximum absolute atomic E-state index is 12.8. The van der Waals surface area contributed by atoms with E-state index in [0.29, 0.717) is 17.8 Å². The molecule has 0 radical (unpaired) electrons. The number of anilines is 1. The van der Waals surface area contributed by atoms with Gasteiger partial charge < -0.3 is 10.2 Å². The maximum atomic E-state index is 12.8. The van der Waals surface area contributed by atoms with Crippen LogP contribution in [-0.2, 0) is 0 Å². The Morgan fingerprint density at radius 1 is 1.17 bits per heavy atom. The number of nitrogens with one attached hydrogen (secondary N) is 1. The summed E-state index contributed by atoms with van der Waals surface area (Å²) in [6.07, 6.45) is 12.2. The van der Waals surface area contributed by atoms with Crippen LogP contribution in [0.25, 0.3) is 0 Å². The van der Waals surface area contributed by atoms with Gasteiger partial charge in [-0.3, -0.25) is 4.79 Å². The van der Waals surface area contributed by atoms with Crippen LogP contribution < -0.4 is 5.32 Å². The van der Waals surface area contributed by atoms with E-state index in [1.807, 2.05) is 11.0 Å². The van der Waals surface area contributed by atoms with Gasteiger partial charge in [-0.15, -0.1) is 0 Å². The molecule has 5 nitrogen and oxygen atoms in total. The quantitative estimate of drug-likeness (QED) is 0.921.